The maximum absolute atomic E-state index is 10.6. The second kappa shape index (κ2) is 5.04. The molecule has 1 heterocycles. The van der Waals surface area contributed by atoms with Crippen molar-refractivity contribution in [2.75, 3.05) is 6.79 Å². The third-order valence-corrected chi connectivity index (χ3v) is 4.82. The Bertz CT molecular complexity index is 457. The average molecular weight is 262 g/mol. The van der Waals surface area contributed by atoms with Gasteiger partial charge in [0.2, 0.25) is 6.79 Å². The minimum absolute atomic E-state index is 0.285. The van der Waals surface area contributed by atoms with Gasteiger partial charge < -0.3 is 14.6 Å². The van der Waals surface area contributed by atoms with E-state index in [0.717, 1.165) is 35.8 Å². The molecule has 0 radical (unpaired) electrons. The van der Waals surface area contributed by atoms with Crippen molar-refractivity contribution >= 4 is 0 Å². The molecule has 1 fully saturated rings. The van der Waals surface area contributed by atoms with Crippen LogP contribution in [-0.2, 0) is 0 Å². The fourth-order valence-electron chi connectivity index (χ4n) is 3.25. The summed E-state index contributed by atoms with van der Waals surface area (Å²) in [7, 11) is 0. The second-order valence-corrected chi connectivity index (χ2v) is 6.09. The van der Waals surface area contributed by atoms with Crippen LogP contribution in [0.15, 0.2) is 18.2 Å². The molecule has 4 unspecified atom stereocenters. The summed E-state index contributed by atoms with van der Waals surface area (Å²) in [6.07, 6.45) is 3.05. The van der Waals surface area contributed by atoms with E-state index in [9.17, 15) is 5.11 Å². The number of rotatable bonds is 2. The van der Waals surface area contributed by atoms with E-state index in [0.29, 0.717) is 11.8 Å². The van der Waals surface area contributed by atoms with Crippen LogP contribution < -0.4 is 9.47 Å². The zero-order valence-electron chi connectivity index (χ0n) is 11.6. The molecule has 3 nitrogen and oxygen atoms in total. The van der Waals surface area contributed by atoms with Crippen LogP contribution in [0.1, 0.15) is 44.8 Å². The predicted molar refractivity (Wildman–Crippen MR) is 73.2 cm³/mol. The first-order valence-electron chi connectivity index (χ1n) is 7.22. The second-order valence-electron chi connectivity index (χ2n) is 6.09. The summed E-state index contributed by atoms with van der Waals surface area (Å²) < 4.78 is 10.7. The maximum Gasteiger partial charge on any atom is 0.231 e. The van der Waals surface area contributed by atoms with Crippen molar-refractivity contribution in [2.45, 2.75) is 39.2 Å². The van der Waals surface area contributed by atoms with Gasteiger partial charge in [0.25, 0.3) is 0 Å². The Labute approximate surface area is 114 Å². The SMILES string of the molecule is CC1CCC(C(O)c2ccc3c(c2)OCO3)CC1C. The van der Waals surface area contributed by atoms with Crippen LogP contribution in [0, 0.1) is 17.8 Å². The van der Waals surface area contributed by atoms with Gasteiger partial charge in [-0.1, -0.05) is 26.3 Å². The minimum atomic E-state index is -0.385. The molecule has 0 amide bonds. The molecule has 1 aliphatic heterocycles. The first-order chi connectivity index (χ1) is 9.15. The highest BCUT2D eigenvalue weighted by Crippen LogP contribution is 2.42. The van der Waals surface area contributed by atoms with Gasteiger partial charge in [0.1, 0.15) is 0 Å². The lowest BCUT2D eigenvalue weighted by molar-refractivity contribution is 0.0559. The molecule has 1 N–H and O–H groups in total. The van der Waals surface area contributed by atoms with Crippen molar-refractivity contribution in [3.63, 3.8) is 0 Å². The van der Waals surface area contributed by atoms with Crippen LogP contribution in [0.25, 0.3) is 0 Å². The molecule has 3 heteroatoms. The van der Waals surface area contributed by atoms with Crippen molar-refractivity contribution in [2.24, 2.45) is 17.8 Å². The van der Waals surface area contributed by atoms with Gasteiger partial charge in [-0.3, -0.25) is 0 Å². The Morgan fingerprint density at radius 3 is 2.68 bits per heavy atom. The summed E-state index contributed by atoms with van der Waals surface area (Å²) >= 11 is 0. The van der Waals surface area contributed by atoms with E-state index in [4.69, 9.17) is 9.47 Å². The highest BCUT2D eigenvalue weighted by Gasteiger charge is 2.30. The van der Waals surface area contributed by atoms with E-state index in [1.54, 1.807) is 0 Å². The summed E-state index contributed by atoms with van der Waals surface area (Å²) in [4.78, 5) is 0. The Kier molecular flexibility index (Phi) is 3.40. The summed E-state index contributed by atoms with van der Waals surface area (Å²) in [6.45, 7) is 4.89. The van der Waals surface area contributed by atoms with E-state index in [1.807, 2.05) is 18.2 Å². The Morgan fingerprint density at radius 2 is 1.89 bits per heavy atom. The molecule has 4 atom stereocenters. The molecule has 2 aliphatic rings. The molecule has 0 aromatic heterocycles. The fraction of sp³-hybridized carbons (Fsp3) is 0.625. The van der Waals surface area contributed by atoms with Crippen LogP contribution in [-0.4, -0.2) is 11.9 Å². The van der Waals surface area contributed by atoms with Crippen molar-refractivity contribution < 1.29 is 14.6 Å². The van der Waals surface area contributed by atoms with E-state index in [2.05, 4.69) is 13.8 Å². The predicted octanol–water partition coefficient (Wildman–Crippen LogP) is 3.52. The van der Waals surface area contributed by atoms with Gasteiger partial charge >= 0.3 is 0 Å². The van der Waals surface area contributed by atoms with E-state index in [-0.39, 0.29) is 12.9 Å². The van der Waals surface area contributed by atoms with Crippen LogP contribution >= 0.6 is 0 Å². The Morgan fingerprint density at radius 1 is 1.11 bits per heavy atom. The van der Waals surface area contributed by atoms with Gasteiger partial charge in [-0.2, -0.15) is 0 Å². The van der Waals surface area contributed by atoms with Gasteiger partial charge in [-0.25, -0.2) is 0 Å². The molecular weight excluding hydrogens is 240 g/mol. The lowest BCUT2D eigenvalue weighted by Gasteiger charge is -2.34. The average Bonchev–Trinajstić information content (AvgIpc) is 2.88. The number of ether oxygens (including phenoxy) is 2. The number of fused-ring (bicyclic) bond motifs is 1. The summed E-state index contributed by atoms with van der Waals surface area (Å²) in [5.41, 5.74) is 0.955. The van der Waals surface area contributed by atoms with Crippen LogP contribution in [0.3, 0.4) is 0 Å². The van der Waals surface area contributed by atoms with Gasteiger partial charge in [-0.15, -0.1) is 0 Å². The third-order valence-electron chi connectivity index (χ3n) is 4.82. The van der Waals surface area contributed by atoms with Crippen molar-refractivity contribution in [1.29, 1.82) is 0 Å². The smallest absolute Gasteiger partial charge is 0.231 e. The Hall–Kier alpha value is -1.22. The third kappa shape index (κ3) is 2.44. The van der Waals surface area contributed by atoms with Crippen molar-refractivity contribution in [3.05, 3.63) is 23.8 Å². The monoisotopic (exact) mass is 262 g/mol. The first kappa shape index (κ1) is 12.8. The molecule has 1 aromatic carbocycles. The van der Waals surface area contributed by atoms with Gasteiger partial charge in [0.15, 0.2) is 11.5 Å². The normalized spacial score (nSPS) is 31.2. The lowest BCUT2D eigenvalue weighted by Crippen LogP contribution is -2.25. The number of hydrogen-bond acceptors (Lipinski definition) is 3. The van der Waals surface area contributed by atoms with E-state index < -0.39 is 0 Å². The molecule has 104 valence electrons. The van der Waals surface area contributed by atoms with Crippen LogP contribution in [0.4, 0.5) is 0 Å². The summed E-state index contributed by atoms with van der Waals surface area (Å²) in [6, 6.07) is 5.78. The van der Waals surface area contributed by atoms with Crippen molar-refractivity contribution in [3.8, 4) is 11.5 Å². The quantitative estimate of drug-likeness (QED) is 0.886. The molecular formula is C16H22O3. The molecule has 0 bridgehead atoms. The van der Waals surface area contributed by atoms with Gasteiger partial charge in [0, 0.05) is 0 Å². The summed E-state index contributed by atoms with van der Waals surface area (Å²) in [5.74, 6) is 3.38. The zero-order valence-corrected chi connectivity index (χ0v) is 11.6. The maximum atomic E-state index is 10.6. The fourth-order valence-corrected chi connectivity index (χ4v) is 3.25. The van der Waals surface area contributed by atoms with Crippen LogP contribution in [0.5, 0.6) is 11.5 Å². The molecule has 0 spiro atoms. The van der Waals surface area contributed by atoms with Gasteiger partial charge in [-0.05, 0) is 48.3 Å². The van der Waals surface area contributed by atoms with Crippen LogP contribution in [0.2, 0.25) is 0 Å². The molecule has 3 rings (SSSR count). The lowest BCUT2D eigenvalue weighted by atomic mass is 9.73. The molecule has 1 aromatic rings. The number of aliphatic hydroxyl groups excluding tert-OH is 1. The van der Waals surface area contributed by atoms with Gasteiger partial charge in [0.05, 0.1) is 6.10 Å². The largest absolute Gasteiger partial charge is 0.454 e. The Balaban J connectivity index is 1.75. The van der Waals surface area contributed by atoms with Crippen molar-refractivity contribution in [1.82, 2.24) is 0 Å². The molecule has 19 heavy (non-hydrogen) atoms. The number of aliphatic hydroxyl groups is 1. The molecule has 1 aliphatic carbocycles. The molecule has 0 saturated heterocycles. The topological polar surface area (TPSA) is 38.7 Å². The first-order valence-corrected chi connectivity index (χ1v) is 7.22. The van der Waals surface area contributed by atoms with E-state index >= 15 is 0 Å². The highest BCUT2D eigenvalue weighted by molar-refractivity contribution is 5.45. The number of benzene rings is 1. The number of hydrogen-bond donors (Lipinski definition) is 1. The highest BCUT2D eigenvalue weighted by atomic mass is 16.7. The standard InChI is InChI=1S/C16H22O3/c1-10-3-4-12(7-11(10)2)16(17)13-5-6-14-15(8-13)19-9-18-14/h5-6,8,10-12,16-17H,3-4,7,9H2,1-2H3. The minimum Gasteiger partial charge on any atom is -0.454 e. The van der Waals surface area contributed by atoms with E-state index in [1.165, 1.54) is 6.42 Å². The zero-order chi connectivity index (χ0) is 13.4. The molecule has 1 saturated carbocycles. The summed E-state index contributed by atoms with van der Waals surface area (Å²) in [5, 5.41) is 10.6.